The largest absolute Gasteiger partial charge is 0.496 e. The van der Waals surface area contributed by atoms with Crippen LogP contribution >= 0.6 is 0 Å². The molecule has 1 atom stereocenters. The fourth-order valence-electron chi connectivity index (χ4n) is 3.36. The molecule has 3 amide bonds. The molecule has 0 aromatic heterocycles. The van der Waals surface area contributed by atoms with Gasteiger partial charge in [0.1, 0.15) is 11.8 Å². The second-order valence-corrected chi connectivity index (χ2v) is 6.43. The minimum absolute atomic E-state index is 0.0136. The van der Waals surface area contributed by atoms with E-state index in [4.69, 9.17) is 4.74 Å². The van der Waals surface area contributed by atoms with Gasteiger partial charge in [-0.25, -0.2) is 0 Å². The van der Waals surface area contributed by atoms with Crippen LogP contribution < -0.4 is 15.4 Å². The molecule has 3 rings (SSSR count). The summed E-state index contributed by atoms with van der Waals surface area (Å²) >= 11 is 0. The first-order chi connectivity index (χ1) is 12.1. The third kappa shape index (κ3) is 3.92. The number of hydrogen-bond acceptors (Lipinski definition) is 4. The Hall–Kier alpha value is -2.57. The van der Waals surface area contributed by atoms with Gasteiger partial charge in [0.25, 0.3) is 5.91 Å². The summed E-state index contributed by atoms with van der Waals surface area (Å²) in [5, 5.41) is 5.73. The Balaban J connectivity index is 1.51. The van der Waals surface area contributed by atoms with Crippen molar-refractivity contribution in [1.82, 2.24) is 15.5 Å². The van der Waals surface area contributed by atoms with Crippen LogP contribution in [0.25, 0.3) is 0 Å². The Labute approximate surface area is 146 Å². The number of nitrogens with one attached hydrogen (secondary N) is 2. The lowest BCUT2D eigenvalue weighted by molar-refractivity contribution is -0.135. The number of amides is 3. The van der Waals surface area contributed by atoms with Crippen LogP contribution in [-0.4, -0.2) is 54.9 Å². The molecule has 1 aromatic rings. The number of likely N-dealkylation sites (tertiary alicyclic amines) is 1. The molecule has 7 nitrogen and oxygen atoms in total. The van der Waals surface area contributed by atoms with Crippen LogP contribution in [-0.2, 0) is 9.59 Å². The normalized spacial score (nSPS) is 20.9. The average Bonchev–Trinajstić information content (AvgIpc) is 3.08. The first kappa shape index (κ1) is 17.3. The predicted molar refractivity (Wildman–Crippen MR) is 91.2 cm³/mol. The zero-order valence-corrected chi connectivity index (χ0v) is 14.3. The standard InChI is InChI=1S/C18H23N3O4/c1-25-15-5-3-2-4-13(15)17(23)19-12-8-10-21(11-9-12)18(24)14-6-7-16(22)20-14/h2-5,12,14H,6-11H2,1H3,(H,19,23)(H,20,22). The first-order valence-corrected chi connectivity index (χ1v) is 8.60. The number of rotatable bonds is 4. The molecule has 1 unspecified atom stereocenters. The summed E-state index contributed by atoms with van der Waals surface area (Å²) in [6.45, 7) is 1.17. The predicted octanol–water partition coefficient (Wildman–Crippen LogP) is 0.695. The molecule has 134 valence electrons. The summed E-state index contributed by atoms with van der Waals surface area (Å²) < 4.78 is 5.22. The molecule has 2 N–H and O–H groups in total. The summed E-state index contributed by atoms with van der Waals surface area (Å²) in [5.74, 6) is 0.313. The van der Waals surface area contributed by atoms with Crippen molar-refractivity contribution in [3.05, 3.63) is 29.8 Å². The number of nitrogens with zero attached hydrogens (tertiary/aromatic N) is 1. The molecule has 0 aliphatic carbocycles. The van der Waals surface area contributed by atoms with Crippen LogP contribution in [0.15, 0.2) is 24.3 Å². The van der Waals surface area contributed by atoms with Crippen LogP contribution in [0.4, 0.5) is 0 Å². The Bertz CT molecular complexity index is 668. The Morgan fingerprint density at radius 3 is 2.56 bits per heavy atom. The van der Waals surface area contributed by atoms with Crippen LogP contribution in [0, 0.1) is 0 Å². The van der Waals surface area contributed by atoms with Gasteiger partial charge < -0.3 is 20.3 Å². The maximum absolute atomic E-state index is 12.4. The SMILES string of the molecule is COc1ccccc1C(=O)NC1CCN(C(=O)C2CCC(=O)N2)CC1. The molecule has 0 spiro atoms. The molecule has 2 aliphatic heterocycles. The lowest BCUT2D eigenvalue weighted by atomic mass is 10.0. The van der Waals surface area contributed by atoms with Gasteiger partial charge in [0.2, 0.25) is 11.8 Å². The molecule has 2 fully saturated rings. The van der Waals surface area contributed by atoms with Crippen molar-refractivity contribution in [3.63, 3.8) is 0 Å². The van der Waals surface area contributed by atoms with E-state index in [1.807, 2.05) is 6.07 Å². The number of carbonyl (C=O) groups is 3. The number of carbonyl (C=O) groups excluding carboxylic acids is 3. The maximum Gasteiger partial charge on any atom is 0.255 e. The second-order valence-electron chi connectivity index (χ2n) is 6.43. The van der Waals surface area contributed by atoms with Gasteiger partial charge in [-0.3, -0.25) is 14.4 Å². The van der Waals surface area contributed by atoms with Gasteiger partial charge in [-0.1, -0.05) is 12.1 Å². The first-order valence-electron chi connectivity index (χ1n) is 8.60. The van der Waals surface area contributed by atoms with Crippen molar-refractivity contribution in [2.24, 2.45) is 0 Å². The molecular formula is C18H23N3O4. The van der Waals surface area contributed by atoms with Gasteiger partial charge in [-0.2, -0.15) is 0 Å². The van der Waals surface area contributed by atoms with E-state index in [1.165, 1.54) is 7.11 Å². The third-order valence-electron chi connectivity index (χ3n) is 4.79. The van der Waals surface area contributed by atoms with E-state index in [2.05, 4.69) is 10.6 Å². The smallest absolute Gasteiger partial charge is 0.255 e. The van der Waals surface area contributed by atoms with Crippen molar-refractivity contribution in [1.29, 1.82) is 0 Å². The number of methoxy groups -OCH3 is 1. The van der Waals surface area contributed by atoms with Crippen molar-refractivity contribution in [2.45, 2.75) is 37.8 Å². The highest BCUT2D eigenvalue weighted by Gasteiger charge is 2.33. The maximum atomic E-state index is 12.4. The van der Waals surface area contributed by atoms with Crippen molar-refractivity contribution < 1.29 is 19.1 Å². The van der Waals surface area contributed by atoms with Crippen molar-refractivity contribution in [3.8, 4) is 5.75 Å². The lowest BCUT2D eigenvalue weighted by Gasteiger charge is -2.33. The molecule has 25 heavy (non-hydrogen) atoms. The molecule has 0 radical (unpaired) electrons. The van der Waals surface area contributed by atoms with E-state index >= 15 is 0 Å². The van der Waals surface area contributed by atoms with Crippen molar-refractivity contribution in [2.75, 3.05) is 20.2 Å². The molecule has 0 saturated carbocycles. The van der Waals surface area contributed by atoms with Crippen molar-refractivity contribution >= 4 is 17.7 Å². The monoisotopic (exact) mass is 345 g/mol. The second kappa shape index (κ2) is 7.55. The summed E-state index contributed by atoms with van der Waals surface area (Å²) in [5.41, 5.74) is 0.511. The number of ether oxygens (including phenoxy) is 1. The Morgan fingerprint density at radius 1 is 1.20 bits per heavy atom. The van der Waals surface area contributed by atoms with Crippen LogP contribution in [0.1, 0.15) is 36.0 Å². The highest BCUT2D eigenvalue weighted by molar-refractivity contribution is 5.97. The Morgan fingerprint density at radius 2 is 1.92 bits per heavy atom. The van der Waals surface area contributed by atoms with E-state index in [-0.39, 0.29) is 29.8 Å². The highest BCUT2D eigenvalue weighted by atomic mass is 16.5. The summed E-state index contributed by atoms with van der Waals surface area (Å²) in [7, 11) is 1.54. The Kier molecular flexibility index (Phi) is 5.21. The minimum atomic E-state index is -0.382. The van der Waals surface area contributed by atoms with E-state index in [1.54, 1.807) is 23.1 Å². The zero-order chi connectivity index (χ0) is 17.8. The van der Waals surface area contributed by atoms with Gasteiger partial charge in [-0.15, -0.1) is 0 Å². The fraction of sp³-hybridized carbons (Fsp3) is 0.500. The van der Waals surface area contributed by atoms with E-state index in [9.17, 15) is 14.4 Å². The van der Waals surface area contributed by atoms with E-state index < -0.39 is 0 Å². The molecule has 2 heterocycles. The number of piperidine rings is 1. The summed E-state index contributed by atoms with van der Waals surface area (Å²) in [4.78, 5) is 37.9. The fourth-order valence-corrected chi connectivity index (χ4v) is 3.36. The number of hydrogen-bond donors (Lipinski definition) is 2. The molecule has 1 aromatic carbocycles. The number of benzene rings is 1. The van der Waals surface area contributed by atoms with Gasteiger partial charge in [0, 0.05) is 25.6 Å². The topological polar surface area (TPSA) is 87.7 Å². The molecular weight excluding hydrogens is 322 g/mol. The van der Waals surface area contributed by atoms with Crippen LogP contribution in [0.5, 0.6) is 5.75 Å². The van der Waals surface area contributed by atoms with Gasteiger partial charge in [0.05, 0.1) is 12.7 Å². The quantitative estimate of drug-likeness (QED) is 0.841. The van der Waals surface area contributed by atoms with Gasteiger partial charge in [0.15, 0.2) is 0 Å². The molecule has 0 bridgehead atoms. The van der Waals surface area contributed by atoms with E-state index in [0.29, 0.717) is 50.1 Å². The number of para-hydroxylation sites is 1. The third-order valence-corrected chi connectivity index (χ3v) is 4.79. The van der Waals surface area contributed by atoms with Gasteiger partial charge in [-0.05, 0) is 31.4 Å². The highest BCUT2D eigenvalue weighted by Crippen LogP contribution is 2.19. The molecule has 2 saturated heterocycles. The summed E-state index contributed by atoms with van der Waals surface area (Å²) in [6, 6.07) is 6.75. The molecule has 2 aliphatic rings. The molecule has 7 heteroatoms. The van der Waals surface area contributed by atoms with Crippen LogP contribution in [0.3, 0.4) is 0 Å². The van der Waals surface area contributed by atoms with E-state index in [0.717, 1.165) is 0 Å². The summed E-state index contributed by atoms with van der Waals surface area (Å²) in [6.07, 6.45) is 2.39. The average molecular weight is 345 g/mol. The lowest BCUT2D eigenvalue weighted by Crippen LogP contribution is -2.51. The van der Waals surface area contributed by atoms with Gasteiger partial charge >= 0.3 is 0 Å². The zero-order valence-electron chi connectivity index (χ0n) is 14.3. The van der Waals surface area contributed by atoms with Crippen LogP contribution in [0.2, 0.25) is 0 Å². The minimum Gasteiger partial charge on any atom is -0.496 e.